The van der Waals surface area contributed by atoms with E-state index in [1.807, 2.05) is 7.05 Å². The van der Waals surface area contributed by atoms with Crippen LogP contribution in [0.4, 0.5) is 0 Å². The summed E-state index contributed by atoms with van der Waals surface area (Å²) in [6.07, 6.45) is 7.70. The number of aliphatic imine (C=N–C) groups is 1. The Balaban J connectivity index is 0.00000288. The number of rotatable bonds is 9. The number of nitrogens with zero attached hydrogens (tertiary/aromatic N) is 2. The first-order chi connectivity index (χ1) is 11.2. The highest BCUT2D eigenvalue weighted by atomic mass is 127. The molecule has 0 aromatic rings. The fourth-order valence-electron chi connectivity index (χ4n) is 3.84. The molecule has 1 aliphatic heterocycles. The summed E-state index contributed by atoms with van der Waals surface area (Å²) in [6, 6.07) is 0. The Morgan fingerprint density at radius 3 is 2.71 bits per heavy atom. The molecular formula is C18H37IN4O. The van der Waals surface area contributed by atoms with Crippen molar-refractivity contribution in [2.24, 2.45) is 16.3 Å². The van der Waals surface area contributed by atoms with Crippen molar-refractivity contribution in [2.45, 2.75) is 45.4 Å². The molecule has 1 unspecified atom stereocenters. The number of halogens is 1. The molecule has 0 aromatic heterocycles. The fraction of sp³-hybridized carbons (Fsp3) is 0.944. The zero-order chi connectivity index (χ0) is 16.5. The highest BCUT2D eigenvalue weighted by Crippen LogP contribution is 2.43. The average Bonchev–Trinajstić information content (AvgIpc) is 2.96. The van der Waals surface area contributed by atoms with E-state index < -0.39 is 0 Å². The number of guanidine groups is 1. The third-order valence-electron chi connectivity index (χ3n) is 5.57. The lowest BCUT2D eigenvalue weighted by Crippen LogP contribution is -2.47. The van der Waals surface area contributed by atoms with Crippen molar-refractivity contribution in [3.8, 4) is 0 Å². The molecule has 1 saturated carbocycles. The molecular weight excluding hydrogens is 415 g/mol. The highest BCUT2D eigenvalue weighted by Gasteiger charge is 2.36. The highest BCUT2D eigenvalue weighted by molar-refractivity contribution is 14.0. The molecule has 1 aliphatic carbocycles. The van der Waals surface area contributed by atoms with Crippen molar-refractivity contribution in [3.05, 3.63) is 0 Å². The smallest absolute Gasteiger partial charge is 0.191 e. The average molecular weight is 452 g/mol. The predicted molar refractivity (Wildman–Crippen MR) is 112 cm³/mol. The number of nitrogens with one attached hydrogen (secondary N) is 2. The molecule has 2 N–H and O–H groups in total. The van der Waals surface area contributed by atoms with Crippen LogP contribution >= 0.6 is 24.0 Å². The topological polar surface area (TPSA) is 48.9 Å². The maximum absolute atomic E-state index is 5.27. The first-order valence-corrected chi connectivity index (χ1v) is 9.37. The van der Waals surface area contributed by atoms with Gasteiger partial charge < -0.3 is 20.3 Å². The first-order valence-electron chi connectivity index (χ1n) is 9.37. The summed E-state index contributed by atoms with van der Waals surface area (Å²) < 4.78 is 5.27. The molecule has 0 amide bonds. The Kier molecular flexibility index (Phi) is 10.5. The minimum atomic E-state index is 0. The van der Waals surface area contributed by atoms with Crippen LogP contribution < -0.4 is 10.6 Å². The Labute approximate surface area is 165 Å². The van der Waals surface area contributed by atoms with E-state index in [1.165, 1.54) is 51.7 Å². The van der Waals surface area contributed by atoms with Crippen LogP contribution in [0.3, 0.4) is 0 Å². The van der Waals surface area contributed by atoms with Crippen molar-refractivity contribution < 1.29 is 4.74 Å². The number of hydrogen-bond donors (Lipinski definition) is 2. The molecule has 2 aliphatic rings. The van der Waals surface area contributed by atoms with Crippen molar-refractivity contribution >= 4 is 29.9 Å². The van der Waals surface area contributed by atoms with Gasteiger partial charge >= 0.3 is 0 Å². The van der Waals surface area contributed by atoms with Crippen LogP contribution in [0, 0.1) is 11.3 Å². The van der Waals surface area contributed by atoms with Gasteiger partial charge in [-0.25, -0.2) is 0 Å². The van der Waals surface area contributed by atoms with Gasteiger partial charge in [0.2, 0.25) is 0 Å². The number of hydrogen-bond acceptors (Lipinski definition) is 3. The number of likely N-dealkylation sites (tertiary alicyclic amines) is 1. The standard InChI is InChI=1S/C18H36N4O.HI/c1-4-10-22-11-6-16(14-22)13-20-17(19-2)21-15-18(7-5-8-18)9-12-23-3;/h16H,4-15H2,1-3H3,(H2,19,20,21);1H. The molecule has 0 bridgehead atoms. The second-order valence-corrected chi connectivity index (χ2v) is 7.36. The van der Waals surface area contributed by atoms with Crippen LogP contribution in [0.25, 0.3) is 0 Å². The lowest BCUT2D eigenvalue weighted by atomic mass is 9.67. The zero-order valence-corrected chi connectivity index (χ0v) is 18.1. The summed E-state index contributed by atoms with van der Waals surface area (Å²) in [5, 5.41) is 7.08. The molecule has 2 rings (SSSR count). The summed E-state index contributed by atoms with van der Waals surface area (Å²) in [7, 11) is 3.67. The molecule has 2 fully saturated rings. The van der Waals surface area contributed by atoms with Gasteiger partial charge in [0.1, 0.15) is 0 Å². The number of ether oxygens (including phenoxy) is 1. The second kappa shape index (κ2) is 11.5. The van der Waals surface area contributed by atoms with Crippen LogP contribution in [0.5, 0.6) is 0 Å². The van der Waals surface area contributed by atoms with Gasteiger partial charge in [0.05, 0.1) is 0 Å². The lowest BCUT2D eigenvalue weighted by Gasteiger charge is -2.42. The van der Waals surface area contributed by atoms with E-state index in [4.69, 9.17) is 4.74 Å². The minimum absolute atomic E-state index is 0. The van der Waals surface area contributed by atoms with Gasteiger partial charge in [-0.2, -0.15) is 0 Å². The second-order valence-electron chi connectivity index (χ2n) is 7.36. The minimum Gasteiger partial charge on any atom is -0.385 e. The Bertz CT molecular complexity index is 374. The third-order valence-corrected chi connectivity index (χ3v) is 5.57. The van der Waals surface area contributed by atoms with Gasteiger partial charge in [0.15, 0.2) is 5.96 Å². The monoisotopic (exact) mass is 452 g/mol. The quantitative estimate of drug-likeness (QED) is 0.321. The van der Waals surface area contributed by atoms with E-state index in [9.17, 15) is 0 Å². The van der Waals surface area contributed by atoms with E-state index in [2.05, 4.69) is 27.4 Å². The van der Waals surface area contributed by atoms with E-state index >= 15 is 0 Å². The van der Waals surface area contributed by atoms with Crippen LogP contribution in [0.1, 0.15) is 45.4 Å². The fourth-order valence-corrected chi connectivity index (χ4v) is 3.84. The summed E-state index contributed by atoms with van der Waals surface area (Å²) >= 11 is 0. The van der Waals surface area contributed by atoms with Gasteiger partial charge in [-0.05, 0) is 56.5 Å². The molecule has 1 saturated heterocycles. The van der Waals surface area contributed by atoms with Crippen LogP contribution in [0.2, 0.25) is 0 Å². The van der Waals surface area contributed by atoms with E-state index in [1.54, 1.807) is 7.11 Å². The van der Waals surface area contributed by atoms with Crippen LogP contribution in [-0.4, -0.2) is 64.3 Å². The SMILES string of the molecule is CCCN1CCC(CNC(=NC)NCC2(CCOC)CCC2)C1.I. The Hall–Kier alpha value is -0.0800. The first kappa shape index (κ1) is 22.0. The molecule has 0 aromatic carbocycles. The normalized spacial score (nSPS) is 23.5. The van der Waals surface area contributed by atoms with Gasteiger partial charge in [0, 0.05) is 40.4 Å². The molecule has 142 valence electrons. The van der Waals surface area contributed by atoms with E-state index in [0.717, 1.165) is 38.0 Å². The van der Waals surface area contributed by atoms with Gasteiger partial charge in [-0.3, -0.25) is 4.99 Å². The summed E-state index contributed by atoms with van der Waals surface area (Å²) in [5.74, 6) is 1.72. The van der Waals surface area contributed by atoms with Crippen molar-refractivity contribution in [2.75, 3.05) is 53.5 Å². The van der Waals surface area contributed by atoms with Gasteiger partial charge in [-0.15, -0.1) is 24.0 Å². The largest absolute Gasteiger partial charge is 0.385 e. The third kappa shape index (κ3) is 6.67. The molecule has 6 heteroatoms. The van der Waals surface area contributed by atoms with Crippen molar-refractivity contribution in [1.82, 2.24) is 15.5 Å². The zero-order valence-electron chi connectivity index (χ0n) is 15.8. The molecule has 5 nitrogen and oxygen atoms in total. The maximum atomic E-state index is 5.27. The van der Waals surface area contributed by atoms with Gasteiger partial charge in [-0.1, -0.05) is 13.3 Å². The van der Waals surface area contributed by atoms with Crippen LogP contribution in [-0.2, 0) is 4.74 Å². The van der Waals surface area contributed by atoms with Crippen LogP contribution in [0.15, 0.2) is 4.99 Å². The lowest BCUT2D eigenvalue weighted by molar-refractivity contribution is 0.0732. The molecule has 0 spiro atoms. The Morgan fingerprint density at radius 2 is 2.12 bits per heavy atom. The summed E-state index contributed by atoms with van der Waals surface area (Å²) in [4.78, 5) is 6.98. The van der Waals surface area contributed by atoms with E-state index in [-0.39, 0.29) is 24.0 Å². The van der Waals surface area contributed by atoms with Gasteiger partial charge in [0.25, 0.3) is 0 Å². The predicted octanol–water partition coefficient (Wildman–Crippen LogP) is 2.71. The molecule has 1 heterocycles. The number of methoxy groups -OCH3 is 1. The maximum Gasteiger partial charge on any atom is 0.191 e. The molecule has 0 radical (unpaired) electrons. The Morgan fingerprint density at radius 1 is 1.33 bits per heavy atom. The molecule has 1 atom stereocenters. The summed E-state index contributed by atoms with van der Waals surface area (Å²) in [6.45, 7) is 8.90. The summed E-state index contributed by atoms with van der Waals surface area (Å²) in [5.41, 5.74) is 0.429. The van der Waals surface area contributed by atoms with E-state index in [0.29, 0.717) is 5.41 Å². The van der Waals surface area contributed by atoms with Crippen molar-refractivity contribution in [3.63, 3.8) is 0 Å². The van der Waals surface area contributed by atoms with Crippen molar-refractivity contribution in [1.29, 1.82) is 0 Å². The molecule has 24 heavy (non-hydrogen) atoms.